The summed E-state index contributed by atoms with van der Waals surface area (Å²) in [7, 11) is 0. The molecular formula is C10H19ClO2. The van der Waals surface area contributed by atoms with Crippen molar-refractivity contribution in [1.29, 1.82) is 0 Å². The van der Waals surface area contributed by atoms with Gasteiger partial charge in [0, 0.05) is 4.87 Å². The fourth-order valence-corrected chi connectivity index (χ4v) is 1.17. The third-order valence-electron chi connectivity index (χ3n) is 1.70. The number of hydrogen-bond donors (Lipinski definition) is 1. The average Bonchev–Trinajstić information content (AvgIpc) is 2.31. The van der Waals surface area contributed by atoms with Crippen LogP contribution in [-0.2, 0) is 4.79 Å². The van der Waals surface area contributed by atoms with Crippen molar-refractivity contribution in [3.63, 3.8) is 0 Å². The summed E-state index contributed by atoms with van der Waals surface area (Å²) in [5.41, 5.74) is 0. The Labute approximate surface area is 85.3 Å². The Morgan fingerprint density at radius 1 is 1.31 bits per heavy atom. The Morgan fingerprint density at radius 3 is 1.77 bits per heavy atom. The summed E-state index contributed by atoms with van der Waals surface area (Å²) in [5.74, 6) is -0.627. The molecule has 1 aliphatic rings. The van der Waals surface area contributed by atoms with Gasteiger partial charge in [0.1, 0.15) is 0 Å². The summed E-state index contributed by atoms with van der Waals surface area (Å²) >= 11 is 5.53. The predicted octanol–water partition coefficient (Wildman–Crippen LogP) is 3.28. The van der Waals surface area contributed by atoms with Crippen LogP contribution in [0, 0.1) is 5.92 Å². The highest BCUT2D eigenvalue weighted by molar-refractivity contribution is 6.23. The fourth-order valence-electron chi connectivity index (χ4n) is 1.17. The van der Waals surface area contributed by atoms with E-state index in [-0.39, 0.29) is 10.8 Å². The third-order valence-corrected chi connectivity index (χ3v) is 1.70. The lowest BCUT2D eigenvalue weighted by molar-refractivity contribution is -0.141. The summed E-state index contributed by atoms with van der Waals surface area (Å²) in [5, 5.41) is 8.41. The van der Waals surface area contributed by atoms with Crippen molar-refractivity contribution in [3.8, 4) is 0 Å². The molecule has 0 radical (unpaired) electrons. The van der Waals surface area contributed by atoms with E-state index in [9.17, 15) is 4.79 Å². The van der Waals surface area contributed by atoms with Crippen molar-refractivity contribution < 1.29 is 9.90 Å². The fraction of sp³-hybridized carbons (Fsp3) is 0.900. The lowest BCUT2D eigenvalue weighted by Crippen LogP contribution is -2.07. The first-order valence-corrected chi connectivity index (χ1v) is 5.10. The first kappa shape index (κ1) is 12.8. The summed E-state index contributed by atoms with van der Waals surface area (Å²) in [4.78, 5) is 10.2. The van der Waals surface area contributed by atoms with Crippen molar-refractivity contribution in [3.05, 3.63) is 0 Å². The Kier molecular flexibility index (Phi) is 5.38. The topological polar surface area (TPSA) is 37.3 Å². The largest absolute Gasteiger partial charge is 0.481 e. The smallest absolute Gasteiger partial charge is 0.306 e. The van der Waals surface area contributed by atoms with Gasteiger partial charge in [0.25, 0.3) is 0 Å². The molecule has 0 atom stereocenters. The molecule has 0 aromatic rings. The maximum Gasteiger partial charge on any atom is 0.306 e. The molecule has 1 saturated carbocycles. The second-order valence-electron chi connectivity index (χ2n) is 4.39. The molecule has 0 aromatic heterocycles. The highest BCUT2D eigenvalue weighted by atomic mass is 35.5. The molecule has 1 aliphatic carbocycles. The van der Waals surface area contributed by atoms with Crippen LogP contribution in [0.4, 0.5) is 0 Å². The number of hydrogen-bond acceptors (Lipinski definition) is 1. The van der Waals surface area contributed by atoms with E-state index in [1.54, 1.807) is 0 Å². The van der Waals surface area contributed by atoms with Gasteiger partial charge in [0.2, 0.25) is 0 Å². The molecule has 0 saturated heterocycles. The number of rotatable bonds is 1. The van der Waals surface area contributed by atoms with E-state index >= 15 is 0 Å². The predicted molar refractivity (Wildman–Crippen MR) is 55.2 cm³/mol. The van der Waals surface area contributed by atoms with Crippen LogP contribution in [0.15, 0.2) is 0 Å². The number of carbonyl (C=O) groups is 1. The Morgan fingerprint density at radius 2 is 1.62 bits per heavy atom. The van der Waals surface area contributed by atoms with Gasteiger partial charge in [-0.05, 0) is 33.6 Å². The van der Waals surface area contributed by atoms with Gasteiger partial charge in [-0.15, -0.1) is 11.6 Å². The number of carboxylic acid groups (broad SMARTS) is 1. The molecule has 1 N–H and O–H groups in total. The molecule has 3 heteroatoms. The summed E-state index contributed by atoms with van der Waals surface area (Å²) < 4.78 is 0. The molecule has 0 heterocycles. The molecule has 78 valence electrons. The summed E-state index contributed by atoms with van der Waals surface area (Å²) in [6.07, 6.45) is 4.01. The number of carboxylic acids is 1. The lowest BCUT2D eigenvalue weighted by atomic mass is 10.1. The molecule has 2 nitrogen and oxygen atoms in total. The Bertz CT molecular complexity index is 149. The normalized spacial score (nSPS) is 17.8. The minimum atomic E-state index is -0.609. The Balaban J connectivity index is 0.000000252. The average molecular weight is 207 g/mol. The molecule has 0 unspecified atom stereocenters. The quantitative estimate of drug-likeness (QED) is 0.669. The highest BCUT2D eigenvalue weighted by Gasteiger charge is 2.20. The number of halogens is 1. The molecule has 0 spiro atoms. The van der Waals surface area contributed by atoms with E-state index < -0.39 is 5.97 Å². The van der Waals surface area contributed by atoms with Gasteiger partial charge in [-0.25, -0.2) is 0 Å². The Hall–Kier alpha value is -0.240. The molecule has 13 heavy (non-hydrogen) atoms. The van der Waals surface area contributed by atoms with E-state index in [1.165, 1.54) is 0 Å². The zero-order valence-corrected chi connectivity index (χ0v) is 9.40. The first-order chi connectivity index (χ1) is 5.80. The molecular weight excluding hydrogens is 188 g/mol. The van der Waals surface area contributed by atoms with Gasteiger partial charge in [-0.1, -0.05) is 12.8 Å². The van der Waals surface area contributed by atoms with E-state index in [4.69, 9.17) is 16.7 Å². The van der Waals surface area contributed by atoms with Crippen LogP contribution in [0.3, 0.4) is 0 Å². The molecule has 0 aromatic carbocycles. The van der Waals surface area contributed by atoms with Crippen LogP contribution >= 0.6 is 11.6 Å². The first-order valence-electron chi connectivity index (χ1n) is 4.72. The number of alkyl halides is 1. The van der Waals surface area contributed by atoms with Crippen molar-refractivity contribution in [2.45, 2.75) is 51.3 Å². The second-order valence-corrected chi connectivity index (χ2v) is 5.52. The molecule has 0 amide bonds. The van der Waals surface area contributed by atoms with Crippen LogP contribution < -0.4 is 0 Å². The second kappa shape index (κ2) is 5.48. The van der Waals surface area contributed by atoms with Crippen LogP contribution in [0.2, 0.25) is 0 Å². The molecule has 0 aliphatic heterocycles. The van der Waals surface area contributed by atoms with E-state index in [0.29, 0.717) is 0 Å². The maximum absolute atomic E-state index is 10.2. The van der Waals surface area contributed by atoms with E-state index in [1.807, 2.05) is 20.8 Å². The van der Waals surface area contributed by atoms with E-state index in [2.05, 4.69) is 0 Å². The van der Waals surface area contributed by atoms with E-state index in [0.717, 1.165) is 25.7 Å². The zero-order valence-electron chi connectivity index (χ0n) is 8.64. The molecule has 0 bridgehead atoms. The monoisotopic (exact) mass is 206 g/mol. The van der Waals surface area contributed by atoms with Crippen molar-refractivity contribution in [2.24, 2.45) is 5.92 Å². The van der Waals surface area contributed by atoms with Gasteiger partial charge < -0.3 is 5.11 Å². The van der Waals surface area contributed by atoms with Gasteiger partial charge in [0.15, 0.2) is 0 Å². The van der Waals surface area contributed by atoms with Crippen molar-refractivity contribution in [1.82, 2.24) is 0 Å². The van der Waals surface area contributed by atoms with Crippen LogP contribution in [-0.4, -0.2) is 16.0 Å². The molecule has 1 fully saturated rings. The summed E-state index contributed by atoms with van der Waals surface area (Å²) in [6.45, 7) is 5.86. The SMILES string of the molecule is CC(C)(C)Cl.O=C(O)C1CCCC1. The van der Waals surface area contributed by atoms with Crippen LogP contribution in [0.1, 0.15) is 46.5 Å². The van der Waals surface area contributed by atoms with Crippen LogP contribution in [0.25, 0.3) is 0 Å². The highest BCUT2D eigenvalue weighted by Crippen LogP contribution is 2.24. The maximum atomic E-state index is 10.2. The van der Waals surface area contributed by atoms with Gasteiger partial charge >= 0.3 is 5.97 Å². The lowest BCUT2D eigenvalue weighted by Gasteiger charge is -2.01. The molecule has 1 rings (SSSR count). The summed E-state index contributed by atoms with van der Waals surface area (Å²) in [6, 6.07) is 0. The number of aliphatic carboxylic acids is 1. The van der Waals surface area contributed by atoms with Gasteiger partial charge in [-0.3, -0.25) is 4.79 Å². The van der Waals surface area contributed by atoms with Crippen molar-refractivity contribution in [2.75, 3.05) is 0 Å². The van der Waals surface area contributed by atoms with Crippen molar-refractivity contribution >= 4 is 17.6 Å². The van der Waals surface area contributed by atoms with Crippen LogP contribution in [0.5, 0.6) is 0 Å². The minimum Gasteiger partial charge on any atom is -0.481 e. The van der Waals surface area contributed by atoms with Gasteiger partial charge in [-0.2, -0.15) is 0 Å². The third kappa shape index (κ3) is 9.68. The minimum absolute atomic E-state index is 0.0185. The van der Waals surface area contributed by atoms with Gasteiger partial charge in [0.05, 0.1) is 5.92 Å². The zero-order chi connectivity index (χ0) is 10.5. The standard InChI is InChI=1S/C6H10O2.C4H9Cl/c7-6(8)5-3-1-2-4-5;1-4(2,3)5/h5H,1-4H2,(H,7,8);1-3H3.